The average molecular weight is 434 g/mol. The van der Waals surface area contributed by atoms with Gasteiger partial charge in [-0.25, -0.2) is 0 Å². The smallest absolute Gasteiger partial charge is 0.261 e. The number of imide groups is 1. The van der Waals surface area contributed by atoms with Crippen LogP contribution in [0, 0.1) is 0 Å². The van der Waals surface area contributed by atoms with Gasteiger partial charge in [-0.15, -0.1) is 12.4 Å². The Morgan fingerprint density at radius 1 is 0.897 bits per heavy atom. The van der Waals surface area contributed by atoms with Crippen LogP contribution in [0.15, 0.2) is 48.5 Å². The number of halogens is 2. The van der Waals surface area contributed by atoms with Crippen LogP contribution in [0.2, 0.25) is 5.02 Å². The van der Waals surface area contributed by atoms with Gasteiger partial charge in [0.25, 0.3) is 11.8 Å². The number of benzene rings is 2. The second-order valence-corrected chi connectivity index (χ2v) is 7.34. The van der Waals surface area contributed by atoms with Gasteiger partial charge in [-0.2, -0.15) is 0 Å². The maximum absolute atomic E-state index is 12.6. The van der Waals surface area contributed by atoms with E-state index in [1.807, 2.05) is 24.3 Å². The lowest BCUT2D eigenvalue weighted by atomic mass is 10.1. The molecular weight excluding hydrogens is 413 g/mol. The first kappa shape index (κ1) is 21.1. The van der Waals surface area contributed by atoms with E-state index in [9.17, 15) is 14.4 Å². The van der Waals surface area contributed by atoms with Crippen molar-refractivity contribution in [1.82, 2.24) is 9.80 Å². The fourth-order valence-corrected chi connectivity index (χ4v) is 3.88. The molecule has 0 spiro atoms. The summed E-state index contributed by atoms with van der Waals surface area (Å²) in [5.41, 5.74) is 1.87. The van der Waals surface area contributed by atoms with Crippen molar-refractivity contribution < 1.29 is 14.4 Å². The highest BCUT2D eigenvalue weighted by molar-refractivity contribution is 6.30. The predicted molar refractivity (Wildman–Crippen MR) is 114 cm³/mol. The van der Waals surface area contributed by atoms with Crippen molar-refractivity contribution in [3.8, 4) is 0 Å². The van der Waals surface area contributed by atoms with Crippen LogP contribution in [0.3, 0.4) is 0 Å². The molecule has 3 amide bonds. The second-order valence-electron chi connectivity index (χ2n) is 6.91. The molecule has 0 aromatic heterocycles. The van der Waals surface area contributed by atoms with Crippen molar-refractivity contribution in [3.05, 3.63) is 64.7 Å². The highest BCUT2D eigenvalue weighted by Gasteiger charge is 2.35. The van der Waals surface area contributed by atoms with Crippen LogP contribution < -0.4 is 4.90 Å². The maximum atomic E-state index is 12.6. The van der Waals surface area contributed by atoms with Crippen molar-refractivity contribution in [1.29, 1.82) is 0 Å². The normalized spacial score (nSPS) is 16.0. The van der Waals surface area contributed by atoms with Gasteiger partial charge in [0.15, 0.2) is 0 Å². The van der Waals surface area contributed by atoms with E-state index in [2.05, 4.69) is 4.90 Å². The lowest BCUT2D eigenvalue weighted by Crippen LogP contribution is -2.49. The minimum absolute atomic E-state index is 0. The van der Waals surface area contributed by atoms with E-state index < -0.39 is 0 Å². The summed E-state index contributed by atoms with van der Waals surface area (Å²) >= 11 is 6.05. The molecule has 0 bridgehead atoms. The summed E-state index contributed by atoms with van der Waals surface area (Å²) in [4.78, 5) is 42.5. The third-order valence-corrected chi connectivity index (χ3v) is 5.47. The van der Waals surface area contributed by atoms with E-state index in [0.717, 1.165) is 18.8 Å². The van der Waals surface area contributed by atoms with Gasteiger partial charge in [-0.3, -0.25) is 19.3 Å². The Bertz CT molecular complexity index is 907. The molecule has 8 heteroatoms. The number of amides is 3. The monoisotopic (exact) mass is 433 g/mol. The minimum Gasteiger partial charge on any atom is -0.368 e. The first-order chi connectivity index (χ1) is 13.5. The first-order valence-electron chi connectivity index (χ1n) is 9.28. The number of fused-ring (bicyclic) bond motifs is 1. The largest absolute Gasteiger partial charge is 0.368 e. The molecule has 0 N–H and O–H groups in total. The van der Waals surface area contributed by atoms with Gasteiger partial charge in [0.2, 0.25) is 5.91 Å². The predicted octanol–water partition coefficient (Wildman–Crippen LogP) is 3.10. The lowest BCUT2D eigenvalue weighted by Gasteiger charge is -2.36. The number of carbonyl (C=O) groups is 3. The number of anilines is 1. The first-order valence-corrected chi connectivity index (χ1v) is 9.66. The third kappa shape index (κ3) is 4.23. The Balaban J connectivity index is 0.00000240. The summed E-state index contributed by atoms with van der Waals surface area (Å²) in [5, 5.41) is 0.692. The maximum Gasteiger partial charge on any atom is 0.261 e. The van der Waals surface area contributed by atoms with Crippen molar-refractivity contribution in [2.75, 3.05) is 37.6 Å². The number of carbonyl (C=O) groups excluding carboxylic acids is 3. The molecule has 1 fully saturated rings. The lowest BCUT2D eigenvalue weighted by molar-refractivity contribution is -0.131. The molecule has 1 saturated heterocycles. The zero-order valence-corrected chi connectivity index (χ0v) is 17.3. The topological polar surface area (TPSA) is 60.9 Å². The van der Waals surface area contributed by atoms with E-state index in [-0.39, 0.29) is 43.1 Å². The summed E-state index contributed by atoms with van der Waals surface area (Å²) in [6.07, 6.45) is 0.142. The molecule has 4 rings (SSSR count). The van der Waals surface area contributed by atoms with Crippen molar-refractivity contribution in [2.24, 2.45) is 0 Å². The van der Waals surface area contributed by atoms with Gasteiger partial charge in [0, 0.05) is 49.9 Å². The molecule has 2 aromatic carbocycles. The van der Waals surface area contributed by atoms with Crippen molar-refractivity contribution in [2.45, 2.75) is 6.42 Å². The summed E-state index contributed by atoms with van der Waals surface area (Å²) in [7, 11) is 0. The Labute approximate surface area is 180 Å². The molecule has 2 heterocycles. The highest BCUT2D eigenvalue weighted by atomic mass is 35.5. The molecule has 0 aliphatic carbocycles. The van der Waals surface area contributed by atoms with E-state index in [4.69, 9.17) is 11.6 Å². The van der Waals surface area contributed by atoms with Gasteiger partial charge < -0.3 is 9.80 Å². The number of hydrogen-bond donors (Lipinski definition) is 0. The van der Waals surface area contributed by atoms with Gasteiger partial charge >= 0.3 is 0 Å². The molecule has 6 nitrogen and oxygen atoms in total. The van der Waals surface area contributed by atoms with Crippen LogP contribution in [0.4, 0.5) is 5.69 Å². The Hall–Kier alpha value is -2.57. The van der Waals surface area contributed by atoms with Crippen molar-refractivity contribution in [3.63, 3.8) is 0 Å². The van der Waals surface area contributed by atoms with Gasteiger partial charge in [0.1, 0.15) is 0 Å². The summed E-state index contributed by atoms with van der Waals surface area (Å²) in [6, 6.07) is 14.4. The number of rotatable bonds is 4. The summed E-state index contributed by atoms with van der Waals surface area (Å²) in [6.45, 7) is 2.76. The third-order valence-electron chi connectivity index (χ3n) is 5.23. The zero-order valence-electron chi connectivity index (χ0n) is 15.7. The van der Waals surface area contributed by atoms with E-state index in [1.54, 1.807) is 29.2 Å². The SMILES string of the molecule is Cl.O=C(CCN1C(=O)c2ccccc2C1=O)N1CCN(c2cccc(Cl)c2)CC1. The fraction of sp³-hybridized carbons (Fsp3) is 0.286. The van der Waals surface area contributed by atoms with Crippen LogP contribution in [0.1, 0.15) is 27.1 Å². The molecule has 0 unspecified atom stereocenters. The Morgan fingerprint density at radius 3 is 2.10 bits per heavy atom. The van der Waals surface area contributed by atoms with E-state index in [0.29, 0.717) is 29.2 Å². The second kappa shape index (κ2) is 8.84. The standard InChI is InChI=1S/C21H20ClN3O3.ClH/c22-15-4-3-5-16(14-15)23-10-12-24(13-11-23)19(26)8-9-25-20(27)17-6-1-2-7-18(17)21(25)28;/h1-7,14H,8-13H2;1H. The Morgan fingerprint density at radius 2 is 1.52 bits per heavy atom. The Kier molecular flexibility index (Phi) is 6.45. The van der Waals surface area contributed by atoms with Gasteiger partial charge in [-0.05, 0) is 30.3 Å². The van der Waals surface area contributed by atoms with Crippen LogP contribution in [-0.2, 0) is 4.79 Å². The van der Waals surface area contributed by atoms with Crippen molar-refractivity contribution >= 4 is 47.4 Å². The molecule has 29 heavy (non-hydrogen) atoms. The van der Waals surface area contributed by atoms with Crippen LogP contribution in [-0.4, -0.2) is 60.2 Å². The summed E-state index contributed by atoms with van der Waals surface area (Å²) < 4.78 is 0. The molecule has 0 radical (unpaired) electrons. The molecule has 152 valence electrons. The van der Waals surface area contributed by atoms with E-state index >= 15 is 0 Å². The summed E-state index contributed by atoms with van der Waals surface area (Å²) in [5.74, 6) is -0.680. The number of piperazine rings is 1. The van der Waals surface area contributed by atoms with Gasteiger partial charge in [0.05, 0.1) is 11.1 Å². The van der Waals surface area contributed by atoms with Crippen LogP contribution in [0.5, 0.6) is 0 Å². The highest BCUT2D eigenvalue weighted by Crippen LogP contribution is 2.23. The van der Waals surface area contributed by atoms with Crippen LogP contribution in [0.25, 0.3) is 0 Å². The van der Waals surface area contributed by atoms with Crippen LogP contribution >= 0.6 is 24.0 Å². The molecule has 2 aliphatic heterocycles. The molecule has 2 aliphatic rings. The number of nitrogens with zero attached hydrogens (tertiary/aromatic N) is 3. The average Bonchev–Trinajstić information content (AvgIpc) is 2.97. The zero-order chi connectivity index (χ0) is 19.7. The number of hydrogen-bond acceptors (Lipinski definition) is 4. The molecule has 0 atom stereocenters. The van der Waals surface area contributed by atoms with E-state index in [1.165, 1.54) is 4.90 Å². The molecular formula is C21H21Cl2N3O3. The fourth-order valence-electron chi connectivity index (χ4n) is 3.69. The minimum atomic E-state index is -0.320. The quantitative estimate of drug-likeness (QED) is 0.694. The molecule has 0 saturated carbocycles. The van der Waals surface area contributed by atoms with Gasteiger partial charge in [-0.1, -0.05) is 29.8 Å². The molecule has 2 aromatic rings.